The van der Waals surface area contributed by atoms with Gasteiger partial charge in [0.25, 0.3) is 5.91 Å². The highest BCUT2D eigenvalue weighted by molar-refractivity contribution is 6.33. The zero-order valence-corrected chi connectivity index (χ0v) is 10.7. The van der Waals surface area contributed by atoms with E-state index >= 15 is 0 Å². The Kier molecular flexibility index (Phi) is 3.57. The molecule has 1 amide bonds. The van der Waals surface area contributed by atoms with Gasteiger partial charge in [-0.25, -0.2) is 0 Å². The number of nitrogens with two attached hydrogens (primary N) is 1. The highest BCUT2D eigenvalue weighted by Gasteiger charge is 2.22. The Bertz CT molecular complexity index is 433. The fraction of sp³-hybridized carbons (Fsp3) is 0.462. The summed E-state index contributed by atoms with van der Waals surface area (Å²) in [5, 5.41) is 0.445. The molecule has 0 aliphatic carbocycles. The molecule has 1 atom stereocenters. The fourth-order valence-corrected chi connectivity index (χ4v) is 2.40. The molecule has 0 radical (unpaired) electrons. The summed E-state index contributed by atoms with van der Waals surface area (Å²) in [5.41, 5.74) is 6.77. The number of piperidine rings is 1. The number of halogens is 1. The molecule has 1 aromatic rings. The predicted molar refractivity (Wildman–Crippen MR) is 70.2 cm³/mol. The van der Waals surface area contributed by atoms with E-state index in [1.165, 1.54) is 6.42 Å². The zero-order chi connectivity index (χ0) is 12.4. The molecule has 1 unspecified atom stereocenters. The van der Waals surface area contributed by atoms with Gasteiger partial charge in [0.2, 0.25) is 0 Å². The lowest BCUT2D eigenvalue weighted by Gasteiger charge is -2.31. The minimum atomic E-state index is 0.0541. The topological polar surface area (TPSA) is 46.3 Å². The number of carbonyl (C=O) groups is 1. The lowest BCUT2D eigenvalue weighted by Crippen LogP contribution is -2.39. The largest absolute Gasteiger partial charge is 0.398 e. The zero-order valence-electron chi connectivity index (χ0n) is 9.95. The summed E-state index contributed by atoms with van der Waals surface area (Å²) < 4.78 is 0. The minimum Gasteiger partial charge on any atom is -0.398 e. The first-order chi connectivity index (χ1) is 8.08. The van der Waals surface area contributed by atoms with Gasteiger partial charge in [-0.3, -0.25) is 4.79 Å². The van der Waals surface area contributed by atoms with E-state index in [-0.39, 0.29) is 5.91 Å². The van der Waals surface area contributed by atoms with Gasteiger partial charge in [0.15, 0.2) is 0 Å². The number of carbonyl (C=O) groups excluding carboxylic acids is 1. The van der Waals surface area contributed by atoms with Crippen LogP contribution in [0.1, 0.15) is 30.1 Å². The molecule has 1 heterocycles. The van der Waals surface area contributed by atoms with Gasteiger partial charge in [-0.15, -0.1) is 0 Å². The summed E-state index contributed by atoms with van der Waals surface area (Å²) in [6, 6.07) is 5.07. The van der Waals surface area contributed by atoms with E-state index in [9.17, 15) is 4.79 Å². The predicted octanol–water partition coefficient (Wildman–Crippen LogP) is 2.79. The van der Waals surface area contributed by atoms with Gasteiger partial charge in [0.05, 0.1) is 10.7 Å². The number of likely N-dealkylation sites (tertiary alicyclic amines) is 1. The maximum atomic E-state index is 12.2. The number of anilines is 1. The van der Waals surface area contributed by atoms with Gasteiger partial charge in [-0.05, 0) is 37.0 Å². The van der Waals surface area contributed by atoms with Crippen LogP contribution in [0.2, 0.25) is 5.02 Å². The quantitative estimate of drug-likeness (QED) is 0.782. The maximum absolute atomic E-state index is 12.2. The van der Waals surface area contributed by atoms with Crippen molar-refractivity contribution in [2.24, 2.45) is 5.92 Å². The molecule has 0 saturated carbocycles. The molecule has 1 aliphatic heterocycles. The van der Waals surface area contributed by atoms with Crippen molar-refractivity contribution in [2.45, 2.75) is 19.8 Å². The third kappa shape index (κ3) is 2.72. The molecular weight excluding hydrogens is 236 g/mol. The summed E-state index contributed by atoms with van der Waals surface area (Å²) in [4.78, 5) is 14.1. The van der Waals surface area contributed by atoms with Crippen LogP contribution in [0, 0.1) is 5.92 Å². The standard InChI is InChI=1S/C13H17ClN2O/c1-9-3-2-6-16(8-9)13(17)10-4-5-12(15)11(14)7-10/h4-5,7,9H,2-3,6,8,15H2,1H3. The van der Waals surface area contributed by atoms with Crippen LogP contribution in [0.4, 0.5) is 5.69 Å². The van der Waals surface area contributed by atoms with Crippen LogP contribution in [0.15, 0.2) is 18.2 Å². The number of hydrogen-bond donors (Lipinski definition) is 1. The van der Waals surface area contributed by atoms with E-state index in [0.717, 1.165) is 19.5 Å². The highest BCUT2D eigenvalue weighted by atomic mass is 35.5. The molecule has 0 bridgehead atoms. The average Bonchev–Trinajstić information content (AvgIpc) is 2.32. The molecule has 1 aliphatic rings. The normalized spacial score (nSPS) is 20.4. The monoisotopic (exact) mass is 252 g/mol. The summed E-state index contributed by atoms with van der Waals surface area (Å²) >= 11 is 5.93. The fourth-order valence-electron chi connectivity index (χ4n) is 2.22. The van der Waals surface area contributed by atoms with Crippen molar-refractivity contribution in [3.63, 3.8) is 0 Å². The number of rotatable bonds is 1. The molecule has 1 saturated heterocycles. The van der Waals surface area contributed by atoms with Crippen molar-refractivity contribution in [1.82, 2.24) is 4.90 Å². The number of nitrogens with zero attached hydrogens (tertiary/aromatic N) is 1. The Labute approximate surface area is 107 Å². The van der Waals surface area contributed by atoms with Crippen LogP contribution in [0.3, 0.4) is 0 Å². The molecule has 1 fully saturated rings. The molecule has 92 valence electrons. The maximum Gasteiger partial charge on any atom is 0.253 e. The Morgan fingerprint density at radius 2 is 2.29 bits per heavy atom. The third-order valence-electron chi connectivity index (χ3n) is 3.19. The van der Waals surface area contributed by atoms with Crippen molar-refractivity contribution in [2.75, 3.05) is 18.8 Å². The van der Waals surface area contributed by atoms with E-state index in [4.69, 9.17) is 17.3 Å². The number of amides is 1. The third-order valence-corrected chi connectivity index (χ3v) is 3.52. The molecule has 2 rings (SSSR count). The van der Waals surface area contributed by atoms with Crippen LogP contribution in [0.5, 0.6) is 0 Å². The highest BCUT2D eigenvalue weighted by Crippen LogP contribution is 2.22. The Morgan fingerprint density at radius 3 is 2.94 bits per heavy atom. The van der Waals surface area contributed by atoms with Crippen molar-refractivity contribution in [3.05, 3.63) is 28.8 Å². The van der Waals surface area contributed by atoms with Crippen molar-refractivity contribution < 1.29 is 4.79 Å². The molecule has 0 aromatic heterocycles. The summed E-state index contributed by atoms with van der Waals surface area (Å²) in [6.45, 7) is 3.85. The van der Waals surface area contributed by atoms with E-state index in [1.54, 1.807) is 18.2 Å². The first-order valence-corrected chi connectivity index (χ1v) is 6.30. The average molecular weight is 253 g/mol. The van der Waals surface area contributed by atoms with Crippen molar-refractivity contribution in [1.29, 1.82) is 0 Å². The first kappa shape index (κ1) is 12.2. The summed E-state index contributed by atoms with van der Waals surface area (Å²) in [6.07, 6.45) is 2.28. The molecular formula is C13H17ClN2O. The van der Waals surface area contributed by atoms with Gasteiger partial charge < -0.3 is 10.6 Å². The van der Waals surface area contributed by atoms with Crippen molar-refractivity contribution >= 4 is 23.2 Å². The van der Waals surface area contributed by atoms with Crippen LogP contribution < -0.4 is 5.73 Å². The molecule has 2 N–H and O–H groups in total. The van der Waals surface area contributed by atoms with Gasteiger partial charge >= 0.3 is 0 Å². The smallest absolute Gasteiger partial charge is 0.253 e. The lowest BCUT2D eigenvalue weighted by atomic mass is 9.99. The Hall–Kier alpha value is -1.22. The first-order valence-electron chi connectivity index (χ1n) is 5.92. The Balaban J connectivity index is 2.15. The lowest BCUT2D eigenvalue weighted by molar-refractivity contribution is 0.0683. The molecule has 4 heteroatoms. The van der Waals surface area contributed by atoms with Crippen LogP contribution in [-0.4, -0.2) is 23.9 Å². The van der Waals surface area contributed by atoms with E-state index in [2.05, 4.69) is 6.92 Å². The van der Waals surface area contributed by atoms with Crippen LogP contribution in [-0.2, 0) is 0 Å². The van der Waals surface area contributed by atoms with E-state index in [0.29, 0.717) is 22.2 Å². The number of hydrogen-bond acceptors (Lipinski definition) is 2. The second kappa shape index (κ2) is 4.96. The van der Waals surface area contributed by atoms with Gasteiger partial charge in [0.1, 0.15) is 0 Å². The summed E-state index contributed by atoms with van der Waals surface area (Å²) in [5.74, 6) is 0.635. The Morgan fingerprint density at radius 1 is 1.53 bits per heavy atom. The number of nitrogen functional groups attached to an aromatic ring is 1. The second-order valence-electron chi connectivity index (χ2n) is 4.73. The molecule has 3 nitrogen and oxygen atoms in total. The van der Waals surface area contributed by atoms with Crippen LogP contribution >= 0.6 is 11.6 Å². The second-order valence-corrected chi connectivity index (χ2v) is 5.14. The van der Waals surface area contributed by atoms with Crippen LogP contribution in [0.25, 0.3) is 0 Å². The number of benzene rings is 1. The van der Waals surface area contributed by atoms with E-state index < -0.39 is 0 Å². The summed E-state index contributed by atoms with van der Waals surface area (Å²) in [7, 11) is 0. The van der Waals surface area contributed by atoms with E-state index in [1.807, 2.05) is 4.90 Å². The molecule has 0 spiro atoms. The molecule has 17 heavy (non-hydrogen) atoms. The van der Waals surface area contributed by atoms with Crippen molar-refractivity contribution in [3.8, 4) is 0 Å². The minimum absolute atomic E-state index is 0.0541. The molecule has 1 aromatic carbocycles. The SMILES string of the molecule is CC1CCCN(C(=O)c2ccc(N)c(Cl)c2)C1. The van der Waals surface area contributed by atoms with Gasteiger partial charge in [0, 0.05) is 18.7 Å². The van der Waals surface area contributed by atoms with Gasteiger partial charge in [-0.2, -0.15) is 0 Å². The van der Waals surface area contributed by atoms with Gasteiger partial charge in [-0.1, -0.05) is 18.5 Å².